The molecule has 0 fully saturated rings. The summed E-state index contributed by atoms with van der Waals surface area (Å²) in [6, 6.07) is 11.0. The predicted molar refractivity (Wildman–Crippen MR) is 90.9 cm³/mol. The Morgan fingerprint density at radius 3 is 2.76 bits per heavy atom. The maximum absolute atomic E-state index is 13.2. The lowest BCUT2D eigenvalue weighted by Gasteiger charge is -2.04. The van der Waals surface area contributed by atoms with Crippen LogP contribution in [0.15, 0.2) is 52.7 Å². The first-order valence-electron chi connectivity index (χ1n) is 7.39. The van der Waals surface area contributed by atoms with Crippen molar-refractivity contribution in [2.75, 3.05) is 19.0 Å². The molecule has 0 unspecified atom stereocenters. The van der Waals surface area contributed by atoms with Crippen LogP contribution in [0.4, 0.5) is 15.8 Å². The molecule has 0 spiro atoms. The van der Waals surface area contributed by atoms with E-state index >= 15 is 0 Å². The first-order chi connectivity index (χ1) is 12.1. The van der Waals surface area contributed by atoms with Crippen LogP contribution in [0.3, 0.4) is 0 Å². The number of halogens is 1. The number of azo groups is 1. The van der Waals surface area contributed by atoms with E-state index in [9.17, 15) is 14.3 Å². The van der Waals surface area contributed by atoms with Crippen LogP contribution < -0.4 is 10.1 Å². The van der Waals surface area contributed by atoms with E-state index in [1.807, 2.05) is 0 Å². The summed E-state index contributed by atoms with van der Waals surface area (Å²) < 4.78 is 18.2. The molecule has 0 aliphatic carbocycles. The molecule has 128 valence electrons. The van der Waals surface area contributed by atoms with Gasteiger partial charge in [0.15, 0.2) is 5.69 Å². The van der Waals surface area contributed by atoms with Gasteiger partial charge in [-0.2, -0.15) is 0 Å². The minimum atomic E-state index is -0.522. The highest BCUT2D eigenvalue weighted by molar-refractivity contribution is 5.94. The number of carbonyl (C=O) groups excluding carboxylic acids is 1. The molecular formula is C17H15FN4O3. The molecule has 1 heterocycles. The van der Waals surface area contributed by atoms with Crippen LogP contribution in [0, 0.1) is 5.82 Å². The second kappa shape index (κ2) is 7.00. The molecule has 3 aromatic rings. The molecular weight excluding hydrogens is 327 g/mol. The largest absolute Gasteiger partial charge is 0.497 e. The van der Waals surface area contributed by atoms with E-state index in [0.29, 0.717) is 16.7 Å². The summed E-state index contributed by atoms with van der Waals surface area (Å²) in [5.74, 6) is -0.535. The first kappa shape index (κ1) is 16.4. The van der Waals surface area contributed by atoms with E-state index in [0.717, 1.165) is 5.69 Å². The number of carbonyl (C=O) groups is 1. The number of anilines is 1. The van der Waals surface area contributed by atoms with Crippen molar-refractivity contribution in [1.82, 2.24) is 4.98 Å². The molecule has 7 nitrogen and oxygen atoms in total. The SMILES string of the molecule is COc1ccc(NCC(=O)N=Nc2c(O)[nH]c3cc(F)ccc23)cc1. The van der Waals surface area contributed by atoms with Crippen molar-refractivity contribution in [2.45, 2.75) is 0 Å². The lowest BCUT2D eigenvalue weighted by atomic mass is 10.2. The Hall–Kier alpha value is -3.42. The van der Waals surface area contributed by atoms with E-state index in [-0.39, 0.29) is 18.1 Å². The Morgan fingerprint density at radius 1 is 1.28 bits per heavy atom. The molecule has 3 rings (SSSR count). The Morgan fingerprint density at radius 2 is 2.04 bits per heavy atom. The minimum absolute atomic E-state index is 0.0619. The molecule has 25 heavy (non-hydrogen) atoms. The minimum Gasteiger partial charge on any atom is -0.497 e. The summed E-state index contributed by atoms with van der Waals surface area (Å²) in [4.78, 5) is 14.4. The van der Waals surface area contributed by atoms with Crippen LogP contribution in [0.5, 0.6) is 11.6 Å². The zero-order valence-electron chi connectivity index (χ0n) is 13.3. The van der Waals surface area contributed by atoms with Crippen LogP contribution in [0.1, 0.15) is 0 Å². The van der Waals surface area contributed by atoms with Crippen LogP contribution in [0.25, 0.3) is 10.9 Å². The molecule has 0 atom stereocenters. The zero-order valence-corrected chi connectivity index (χ0v) is 13.3. The van der Waals surface area contributed by atoms with E-state index in [2.05, 4.69) is 20.5 Å². The molecule has 1 aromatic heterocycles. The van der Waals surface area contributed by atoms with Gasteiger partial charge < -0.3 is 20.1 Å². The third-order valence-electron chi connectivity index (χ3n) is 3.51. The van der Waals surface area contributed by atoms with Crippen molar-refractivity contribution in [3.05, 3.63) is 48.3 Å². The fourth-order valence-corrected chi connectivity index (χ4v) is 2.27. The van der Waals surface area contributed by atoms with Gasteiger partial charge >= 0.3 is 0 Å². The van der Waals surface area contributed by atoms with Crippen molar-refractivity contribution in [3.8, 4) is 11.6 Å². The van der Waals surface area contributed by atoms with Crippen LogP contribution in [-0.2, 0) is 4.79 Å². The number of ether oxygens (including phenoxy) is 1. The van der Waals surface area contributed by atoms with Crippen molar-refractivity contribution in [3.63, 3.8) is 0 Å². The molecule has 0 radical (unpaired) electrons. The predicted octanol–water partition coefficient (Wildman–Crippen LogP) is 3.74. The average Bonchev–Trinajstić information content (AvgIpc) is 2.92. The Balaban J connectivity index is 1.67. The second-order valence-electron chi connectivity index (χ2n) is 5.19. The second-order valence-corrected chi connectivity index (χ2v) is 5.19. The third kappa shape index (κ3) is 3.74. The third-order valence-corrected chi connectivity index (χ3v) is 3.51. The van der Waals surface area contributed by atoms with Crippen molar-refractivity contribution >= 4 is 28.2 Å². The quantitative estimate of drug-likeness (QED) is 0.615. The number of nitrogens with zero attached hydrogens (tertiary/aromatic N) is 2. The fourth-order valence-electron chi connectivity index (χ4n) is 2.27. The number of aromatic hydroxyl groups is 1. The van der Waals surface area contributed by atoms with Gasteiger partial charge in [-0.25, -0.2) is 4.39 Å². The Labute approximate surface area is 142 Å². The van der Waals surface area contributed by atoms with Gasteiger partial charge in [-0.1, -0.05) is 0 Å². The number of methoxy groups -OCH3 is 1. The number of benzene rings is 2. The fraction of sp³-hybridized carbons (Fsp3) is 0.118. The van der Waals surface area contributed by atoms with Gasteiger partial charge in [-0.15, -0.1) is 10.2 Å². The lowest BCUT2D eigenvalue weighted by Crippen LogP contribution is -2.10. The molecule has 1 amide bonds. The van der Waals surface area contributed by atoms with E-state index < -0.39 is 11.7 Å². The topological polar surface area (TPSA) is 99.1 Å². The number of aromatic nitrogens is 1. The smallest absolute Gasteiger partial charge is 0.283 e. The number of hydrogen-bond donors (Lipinski definition) is 3. The van der Waals surface area contributed by atoms with Gasteiger partial charge in [-0.05, 0) is 42.5 Å². The summed E-state index contributed by atoms with van der Waals surface area (Å²) in [5, 5.41) is 20.6. The van der Waals surface area contributed by atoms with Crippen molar-refractivity contribution in [1.29, 1.82) is 0 Å². The number of rotatable bonds is 5. The summed E-state index contributed by atoms with van der Waals surface area (Å²) in [5.41, 5.74) is 1.19. The van der Waals surface area contributed by atoms with Crippen LogP contribution in [0.2, 0.25) is 0 Å². The molecule has 0 saturated heterocycles. The molecule has 3 N–H and O–H groups in total. The first-order valence-corrected chi connectivity index (χ1v) is 7.39. The molecule has 0 bridgehead atoms. The molecule has 8 heteroatoms. The van der Waals surface area contributed by atoms with Gasteiger partial charge in [0, 0.05) is 11.1 Å². The van der Waals surface area contributed by atoms with Gasteiger partial charge in [0.2, 0.25) is 5.88 Å². The molecule has 2 aromatic carbocycles. The highest BCUT2D eigenvalue weighted by atomic mass is 19.1. The zero-order chi connectivity index (χ0) is 17.8. The number of aromatic amines is 1. The highest BCUT2D eigenvalue weighted by Crippen LogP contribution is 2.35. The normalized spacial score (nSPS) is 11.1. The van der Waals surface area contributed by atoms with Crippen LogP contribution in [-0.4, -0.2) is 29.7 Å². The molecule has 0 aliphatic heterocycles. The summed E-state index contributed by atoms with van der Waals surface area (Å²) in [6.07, 6.45) is 0. The monoisotopic (exact) mass is 342 g/mol. The lowest BCUT2D eigenvalue weighted by molar-refractivity contribution is -0.116. The van der Waals surface area contributed by atoms with Gasteiger partial charge in [0.05, 0.1) is 19.2 Å². The van der Waals surface area contributed by atoms with Crippen LogP contribution >= 0.6 is 0 Å². The number of H-pyrrole nitrogens is 1. The summed E-state index contributed by atoms with van der Waals surface area (Å²) in [6.45, 7) is -0.0619. The van der Waals surface area contributed by atoms with Crippen molar-refractivity contribution in [2.24, 2.45) is 10.2 Å². The number of fused-ring (bicyclic) bond motifs is 1. The van der Waals surface area contributed by atoms with Gasteiger partial charge in [-0.3, -0.25) is 4.79 Å². The summed E-state index contributed by atoms with van der Waals surface area (Å²) in [7, 11) is 1.57. The molecule has 0 saturated carbocycles. The average molecular weight is 342 g/mol. The van der Waals surface area contributed by atoms with E-state index in [1.54, 1.807) is 31.4 Å². The van der Waals surface area contributed by atoms with Gasteiger partial charge in [0.25, 0.3) is 5.91 Å². The Kier molecular flexibility index (Phi) is 4.60. The number of amides is 1. The number of hydrogen-bond acceptors (Lipinski definition) is 5. The van der Waals surface area contributed by atoms with Crippen molar-refractivity contribution < 1.29 is 19.0 Å². The van der Waals surface area contributed by atoms with E-state index in [1.165, 1.54) is 18.2 Å². The highest BCUT2D eigenvalue weighted by Gasteiger charge is 2.11. The maximum atomic E-state index is 13.2. The maximum Gasteiger partial charge on any atom is 0.283 e. The van der Waals surface area contributed by atoms with E-state index in [4.69, 9.17) is 4.74 Å². The van der Waals surface area contributed by atoms with Gasteiger partial charge in [0.1, 0.15) is 11.6 Å². The summed E-state index contributed by atoms with van der Waals surface area (Å²) >= 11 is 0. The molecule has 0 aliphatic rings. The Bertz CT molecular complexity index is 935. The number of nitrogens with one attached hydrogen (secondary N) is 2. The standard InChI is InChI=1S/C17H15FN4O3/c1-25-12-5-3-11(4-6-12)19-9-15(23)21-22-16-13-7-2-10(18)8-14(13)20-17(16)24/h2-8,19-20,24H,9H2,1H3.